The summed E-state index contributed by atoms with van der Waals surface area (Å²) < 4.78 is 5.30. The Kier molecular flexibility index (Phi) is 5.53. The number of allylic oxidation sites excluding steroid dienone is 1. The van der Waals surface area contributed by atoms with Gasteiger partial charge in [0.1, 0.15) is 13.2 Å². The standard InChI is InChI=1S/C25H25N5O4/c1-17-13-29-21-22(26-24(29)28(17)14-18-9-5-3-6-10-18)27(2)25(33)30(23(21)32)15-20(31)34-16-19-11-7-4-8-12-19/h3-13,21-22H,14-16H2,1-2H3. The number of nitrogens with zero attached hydrogens (tertiary/aromatic N) is 5. The number of rotatable bonds is 6. The first-order valence-corrected chi connectivity index (χ1v) is 11.1. The van der Waals surface area contributed by atoms with Crippen molar-refractivity contribution >= 4 is 23.9 Å². The van der Waals surface area contributed by atoms with E-state index >= 15 is 0 Å². The molecule has 34 heavy (non-hydrogen) atoms. The smallest absolute Gasteiger partial charge is 0.328 e. The van der Waals surface area contributed by atoms with Crippen molar-refractivity contribution in [2.24, 2.45) is 4.99 Å². The molecule has 0 saturated carbocycles. The van der Waals surface area contributed by atoms with Gasteiger partial charge in [-0.25, -0.2) is 9.79 Å². The van der Waals surface area contributed by atoms with Gasteiger partial charge in [-0.15, -0.1) is 0 Å². The van der Waals surface area contributed by atoms with E-state index < -0.39 is 36.7 Å². The number of urea groups is 1. The maximum atomic E-state index is 13.4. The van der Waals surface area contributed by atoms with Gasteiger partial charge < -0.3 is 19.4 Å². The fraction of sp³-hybridized carbons (Fsp3) is 0.280. The Morgan fingerprint density at radius 3 is 2.29 bits per heavy atom. The van der Waals surface area contributed by atoms with Gasteiger partial charge in [0, 0.05) is 18.9 Å². The monoisotopic (exact) mass is 459 g/mol. The van der Waals surface area contributed by atoms with Crippen LogP contribution in [0.15, 0.2) is 77.6 Å². The van der Waals surface area contributed by atoms with Crippen molar-refractivity contribution in [3.05, 3.63) is 83.7 Å². The summed E-state index contributed by atoms with van der Waals surface area (Å²) in [6.07, 6.45) is 1.22. The Bertz CT molecular complexity index is 1180. The summed E-state index contributed by atoms with van der Waals surface area (Å²) in [5.74, 6) is -0.484. The lowest BCUT2D eigenvalue weighted by molar-refractivity contribution is -0.151. The summed E-state index contributed by atoms with van der Waals surface area (Å²) in [5.41, 5.74) is 2.88. The van der Waals surface area contributed by atoms with Gasteiger partial charge in [0.25, 0.3) is 5.91 Å². The zero-order valence-corrected chi connectivity index (χ0v) is 19.0. The third-order valence-electron chi connectivity index (χ3n) is 6.22. The molecule has 2 aromatic carbocycles. The zero-order valence-electron chi connectivity index (χ0n) is 19.0. The van der Waals surface area contributed by atoms with E-state index in [1.165, 1.54) is 4.90 Å². The molecule has 0 aliphatic carbocycles. The minimum absolute atomic E-state index is 0.0769. The molecule has 3 amide bonds. The number of imide groups is 1. The van der Waals surface area contributed by atoms with Gasteiger partial charge in [-0.3, -0.25) is 14.5 Å². The lowest BCUT2D eigenvalue weighted by Crippen LogP contribution is -2.65. The minimum atomic E-state index is -0.727. The predicted octanol–water partition coefficient (Wildman–Crippen LogP) is 2.37. The van der Waals surface area contributed by atoms with E-state index in [1.54, 1.807) is 11.9 Å². The van der Waals surface area contributed by atoms with Crippen LogP contribution in [0.25, 0.3) is 0 Å². The molecular formula is C25H25N5O4. The van der Waals surface area contributed by atoms with Crippen LogP contribution in [-0.4, -0.2) is 69.3 Å². The second-order valence-electron chi connectivity index (χ2n) is 8.50. The van der Waals surface area contributed by atoms with Crippen LogP contribution in [0.4, 0.5) is 4.79 Å². The number of hydrogen-bond donors (Lipinski definition) is 0. The Morgan fingerprint density at radius 2 is 1.62 bits per heavy atom. The maximum Gasteiger partial charge on any atom is 0.328 e. The topological polar surface area (TPSA) is 85.8 Å². The van der Waals surface area contributed by atoms with E-state index in [0.29, 0.717) is 12.5 Å². The van der Waals surface area contributed by atoms with Crippen molar-refractivity contribution in [2.75, 3.05) is 13.6 Å². The second kappa shape index (κ2) is 8.66. The number of amides is 3. The fourth-order valence-corrected chi connectivity index (χ4v) is 4.42. The summed E-state index contributed by atoms with van der Waals surface area (Å²) in [7, 11) is 1.60. The largest absolute Gasteiger partial charge is 0.459 e. The number of carbonyl (C=O) groups excluding carboxylic acids is 3. The van der Waals surface area contributed by atoms with Crippen LogP contribution in [-0.2, 0) is 27.5 Å². The first-order valence-electron chi connectivity index (χ1n) is 11.1. The van der Waals surface area contributed by atoms with Crippen molar-refractivity contribution in [1.82, 2.24) is 19.6 Å². The molecule has 2 atom stereocenters. The van der Waals surface area contributed by atoms with Crippen molar-refractivity contribution in [3.8, 4) is 0 Å². The van der Waals surface area contributed by atoms with E-state index in [1.807, 2.05) is 78.7 Å². The van der Waals surface area contributed by atoms with Crippen LogP contribution in [0.2, 0.25) is 0 Å². The highest BCUT2D eigenvalue weighted by molar-refractivity contribution is 6.06. The molecule has 0 bridgehead atoms. The highest BCUT2D eigenvalue weighted by Gasteiger charge is 2.54. The van der Waals surface area contributed by atoms with Gasteiger partial charge in [-0.1, -0.05) is 60.7 Å². The lowest BCUT2D eigenvalue weighted by atomic mass is 10.1. The van der Waals surface area contributed by atoms with Crippen LogP contribution in [0.1, 0.15) is 18.1 Å². The van der Waals surface area contributed by atoms with Crippen LogP contribution < -0.4 is 0 Å². The van der Waals surface area contributed by atoms with Gasteiger partial charge in [0.15, 0.2) is 12.2 Å². The molecule has 9 heteroatoms. The Labute approximate surface area is 197 Å². The SMILES string of the molecule is CC1=CN2C(=NC3C2C(=O)N(CC(=O)OCc2ccccc2)C(=O)N3C)N1Cc1ccccc1. The molecule has 0 aromatic heterocycles. The number of hydrogen-bond acceptors (Lipinski definition) is 7. The predicted molar refractivity (Wildman–Crippen MR) is 124 cm³/mol. The minimum Gasteiger partial charge on any atom is -0.459 e. The van der Waals surface area contributed by atoms with Crippen LogP contribution in [0, 0.1) is 0 Å². The van der Waals surface area contributed by atoms with Crippen molar-refractivity contribution < 1.29 is 19.1 Å². The van der Waals surface area contributed by atoms with Crippen molar-refractivity contribution in [2.45, 2.75) is 32.3 Å². The maximum absolute atomic E-state index is 13.4. The van der Waals surface area contributed by atoms with E-state index in [9.17, 15) is 14.4 Å². The number of fused-ring (bicyclic) bond motifs is 3. The molecule has 2 unspecified atom stereocenters. The van der Waals surface area contributed by atoms with E-state index in [2.05, 4.69) is 0 Å². The summed E-state index contributed by atoms with van der Waals surface area (Å²) in [5, 5.41) is 0. The average Bonchev–Trinajstić information content (AvgIpc) is 3.36. The molecule has 0 radical (unpaired) electrons. The summed E-state index contributed by atoms with van der Waals surface area (Å²) in [6, 6.07) is 17.9. The average molecular weight is 460 g/mol. The Balaban J connectivity index is 1.31. The van der Waals surface area contributed by atoms with Gasteiger partial charge in [-0.2, -0.15) is 0 Å². The first kappa shape index (κ1) is 21.7. The molecule has 2 aromatic rings. The number of esters is 1. The highest BCUT2D eigenvalue weighted by atomic mass is 16.5. The molecule has 1 saturated heterocycles. The number of likely N-dealkylation sites (N-methyl/N-ethyl adjacent to an activating group) is 1. The summed E-state index contributed by atoms with van der Waals surface area (Å²) in [4.78, 5) is 49.7. The Morgan fingerprint density at radius 1 is 0.971 bits per heavy atom. The molecule has 9 nitrogen and oxygen atoms in total. The molecule has 3 heterocycles. The van der Waals surface area contributed by atoms with Gasteiger partial charge in [-0.05, 0) is 18.1 Å². The number of aliphatic imine (C=N–C) groups is 1. The van der Waals surface area contributed by atoms with Gasteiger partial charge in [0.2, 0.25) is 5.96 Å². The van der Waals surface area contributed by atoms with Gasteiger partial charge >= 0.3 is 12.0 Å². The molecule has 1 fully saturated rings. The molecular weight excluding hydrogens is 434 g/mol. The normalized spacial score (nSPS) is 21.4. The second-order valence-corrected chi connectivity index (χ2v) is 8.50. The van der Waals surface area contributed by atoms with E-state index in [0.717, 1.165) is 21.7 Å². The van der Waals surface area contributed by atoms with Crippen molar-refractivity contribution in [3.63, 3.8) is 0 Å². The third-order valence-corrected chi connectivity index (χ3v) is 6.22. The molecule has 0 N–H and O–H groups in total. The summed E-state index contributed by atoms with van der Waals surface area (Å²) in [6.45, 7) is 2.18. The zero-order chi connectivity index (χ0) is 23.8. The van der Waals surface area contributed by atoms with Gasteiger partial charge in [0.05, 0.1) is 6.54 Å². The third kappa shape index (κ3) is 3.79. The highest BCUT2D eigenvalue weighted by Crippen LogP contribution is 2.34. The lowest BCUT2D eigenvalue weighted by Gasteiger charge is -2.39. The molecule has 0 spiro atoms. The number of benzene rings is 2. The number of guanidine groups is 1. The number of carbonyl (C=O) groups is 3. The fourth-order valence-electron chi connectivity index (χ4n) is 4.42. The summed E-state index contributed by atoms with van der Waals surface area (Å²) >= 11 is 0. The van der Waals surface area contributed by atoms with Crippen LogP contribution in [0.3, 0.4) is 0 Å². The van der Waals surface area contributed by atoms with E-state index in [-0.39, 0.29) is 6.61 Å². The first-order chi connectivity index (χ1) is 16.4. The molecule has 5 rings (SSSR count). The quantitative estimate of drug-likeness (QED) is 0.617. The Hall–Kier alpha value is -4.14. The van der Waals surface area contributed by atoms with Crippen LogP contribution >= 0.6 is 0 Å². The van der Waals surface area contributed by atoms with Crippen LogP contribution in [0.5, 0.6) is 0 Å². The molecule has 174 valence electrons. The van der Waals surface area contributed by atoms with Crippen molar-refractivity contribution in [1.29, 1.82) is 0 Å². The molecule has 3 aliphatic rings. The number of ether oxygens (including phenoxy) is 1. The molecule has 3 aliphatic heterocycles. The van der Waals surface area contributed by atoms with E-state index in [4.69, 9.17) is 9.73 Å².